The molecule has 0 aliphatic rings. The molecule has 0 aliphatic heterocycles. The number of rotatable bonds is 1. The highest BCUT2D eigenvalue weighted by molar-refractivity contribution is 5.72. The van der Waals surface area contributed by atoms with E-state index in [1.807, 2.05) is 13.8 Å². The molecule has 0 atom stereocenters. The maximum absolute atomic E-state index is 10.0. The minimum atomic E-state index is -0.213. The summed E-state index contributed by atoms with van der Waals surface area (Å²) in [5, 5.41) is 0. The van der Waals surface area contributed by atoms with Crippen LogP contribution in [0.4, 0.5) is 0 Å². The standard InChI is InChI=1S/C5H10O2.C3H6O/c1-4(2)7-5(3)6;1-3(2)4/h4H,1-3H3;1-2H3. The molecule has 0 N–H and O–H groups in total. The van der Waals surface area contributed by atoms with E-state index in [-0.39, 0.29) is 17.9 Å². The summed E-state index contributed by atoms with van der Waals surface area (Å²) >= 11 is 0. The zero-order chi connectivity index (χ0) is 9.44. The predicted octanol–water partition coefficient (Wildman–Crippen LogP) is 1.55. The lowest BCUT2D eigenvalue weighted by Crippen LogP contribution is -2.06. The Balaban J connectivity index is 0. The maximum atomic E-state index is 10.0. The van der Waals surface area contributed by atoms with Crippen LogP contribution in [-0.4, -0.2) is 17.9 Å². The topological polar surface area (TPSA) is 43.4 Å². The second kappa shape index (κ2) is 7.25. The van der Waals surface area contributed by atoms with E-state index in [0.717, 1.165) is 0 Å². The van der Waals surface area contributed by atoms with Crippen LogP contribution in [0.1, 0.15) is 34.6 Å². The zero-order valence-electron chi connectivity index (χ0n) is 7.80. The summed E-state index contributed by atoms with van der Waals surface area (Å²) in [7, 11) is 0. The van der Waals surface area contributed by atoms with Crippen molar-refractivity contribution in [1.29, 1.82) is 0 Å². The van der Waals surface area contributed by atoms with E-state index in [1.165, 1.54) is 20.8 Å². The molecule has 3 heteroatoms. The molecule has 0 saturated carbocycles. The van der Waals surface area contributed by atoms with Gasteiger partial charge in [0.25, 0.3) is 0 Å². The highest BCUT2D eigenvalue weighted by atomic mass is 16.5. The Hall–Kier alpha value is -0.860. The monoisotopic (exact) mass is 160 g/mol. The molecule has 0 aromatic carbocycles. The predicted molar refractivity (Wildman–Crippen MR) is 43.3 cm³/mol. The van der Waals surface area contributed by atoms with Crippen molar-refractivity contribution in [2.75, 3.05) is 0 Å². The van der Waals surface area contributed by atoms with Gasteiger partial charge >= 0.3 is 5.97 Å². The Morgan fingerprint density at radius 3 is 1.36 bits per heavy atom. The molecule has 3 nitrogen and oxygen atoms in total. The smallest absolute Gasteiger partial charge is 0.302 e. The molecule has 0 unspecified atom stereocenters. The fourth-order valence-corrected chi connectivity index (χ4v) is 0.332. The molecule has 0 heterocycles. The Kier molecular flexibility index (Phi) is 8.43. The highest BCUT2D eigenvalue weighted by Crippen LogP contribution is 1.85. The molecule has 0 aromatic heterocycles. The van der Waals surface area contributed by atoms with Crippen LogP contribution in [0.15, 0.2) is 0 Å². The molecule has 0 aromatic rings. The van der Waals surface area contributed by atoms with Gasteiger partial charge < -0.3 is 9.53 Å². The molecule has 0 spiro atoms. The van der Waals surface area contributed by atoms with E-state index < -0.39 is 0 Å². The molecule has 66 valence electrons. The van der Waals surface area contributed by atoms with Crippen LogP contribution in [0.5, 0.6) is 0 Å². The normalized spacial score (nSPS) is 8.18. The third-order valence-corrected chi connectivity index (χ3v) is 0.402. The average Bonchev–Trinajstić information content (AvgIpc) is 1.56. The van der Waals surface area contributed by atoms with Crippen LogP contribution in [0, 0.1) is 0 Å². The van der Waals surface area contributed by atoms with E-state index in [0.29, 0.717) is 0 Å². The Labute approximate surface area is 67.7 Å². The van der Waals surface area contributed by atoms with E-state index in [9.17, 15) is 9.59 Å². The van der Waals surface area contributed by atoms with Gasteiger partial charge in [-0.2, -0.15) is 0 Å². The molecular weight excluding hydrogens is 144 g/mol. The fraction of sp³-hybridized carbons (Fsp3) is 0.750. The number of esters is 1. The summed E-state index contributed by atoms with van der Waals surface area (Å²) in [5.74, 6) is -0.0463. The van der Waals surface area contributed by atoms with Crippen molar-refractivity contribution < 1.29 is 14.3 Å². The van der Waals surface area contributed by atoms with Crippen molar-refractivity contribution >= 4 is 11.8 Å². The van der Waals surface area contributed by atoms with Gasteiger partial charge in [0.15, 0.2) is 0 Å². The molecule has 0 saturated heterocycles. The average molecular weight is 160 g/mol. The first-order valence-corrected chi connectivity index (χ1v) is 3.50. The lowest BCUT2D eigenvalue weighted by Gasteiger charge is -2.01. The summed E-state index contributed by atoms with van der Waals surface area (Å²) in [6.45, 7) is 8.10. The van der Waals surface area contributed by atoms with Gasteiger partial charge in [0.05, 0.1) is 6.10 Å². The number of carbonyl (C=O) groups is 2. The summed E-state index contributed by atoms with van der Waals surface area (Å²) < 4.78 is 4.61. The number of ether oxygens (including phenoxy) is 1. The summed E-state index contributed by atoms with van der Waals surface area (Å²) in [6, 6.07) is 0. The van der Waals surface area contributed by atoms with Crippen molar-refractivity contribution in [1.82, 2.24) is 0 Å². The van der Waals surface area contributed by atoms with Gasteiger partial charge in [0.1, 0.15) is 5.78 Å². The second-order valence-corrected chi connectivity index (χ2v) is 2.57. The Bertz CT molecular complexity index is 123. The van der Waals surface area contributed by atoms with E-state index in [2.05, 4.69) is 4.74 Å². The van der Waals surface area contributed by atoms with Gasteiger partial charge in [-0.3, -0.25) is 4.79 Å². The van der Waals surface area contributed by atoms with E-state index in [1.54, 1.807) is 0 Å². The van der Waals surface area contributed by atoms with E-state index >= 15 is 0 Å². The molecule has 0 bridgehead atoms. The van der Waals surface area contributed by atoms with Crippen LogP contribution in [-0.2, 0) is 14.3 Å². The minimum absolute atomic E-state index is 0.0255. The number of hydrogen-bond donors (Lipinski definition) is 0. The summed E-state index contributed by atoms with van der Waals surface area (Å²) in [6.07, 6.45) is 0.0255. The van der Waals surface area contributed by atoms with Crippen molar-refractivity contribution in [2.45, 2.75) is 40.7 Å². The lowest BCUT2D eigenvalue weighted by molar-refractivity contribution is -0.144. The van der Waals surface area contributed by atoms with Gasteiger partial charge in [-0.05, 0) is 27.7 Å². The largest absolute Gasteiger partial charge is 0.463 e. The minimum Gasteiger partial charge on any atom is -0.463 e. The van der Waals surface area contributed by atoms with Crippen LogP contribution in [0.25, 0.3) is 0 Å². The number of hydrogen-bond acceptors (Lipinski definition) is 3. The highest BCUT2D eigenvalue weighted by Gasteiger charge is 1.93. The van der Waals surface area contributed by atoms with Gasteiger partial charge in [0, 0.05) is 6.92 Å². The van der Waals surface area contributed by atoms with E-state index in [4.69, 9.17) is 0 Å². The fourth-order valence-electron chi connectivity index (χ4n) is 0.332. The first-order valence-electron chi connectivity index (χ1n) is 3.50. The van der Waals surface area contributed by atoms with Crippen LogP contribution >= 0.6 is 0 Å². The molecule has 0 amide bonds. The summed E-state index contributed by atoms with van der Waals surface area (Å²) in [5.41, 5.74) is 0. The second-order valence-electron chi connectivity index (χ2n) is 2.57. The number of carbonyl (C=O) groups excluding carboxylic acids is 2. The Morgan fingerprint density at radius 2 is 1.36 bits per heavy atom. The van der Waals surface area contributed by atoms with Crippen molar-refractivity contribution in [2.24, 2.45) is 0 Å². The van der Waals surface area contributed by atoms with Crippen LogP contribution in [0.3, 0.4) is 0 Å². The molecule has 0 aliphatic carbocycles. The maximum Gasteiger partial charge on any atom is 0.302 e. The SMILES string of the molecule is CC(=O)OC(C)C.CC(C)=O. The van der Waals surface area contributed by atoms with Crippen LogP contribution < -0.4 is 0 Å². The quantitative estimate of drug-likeness (QED) is 0.546. The summed E-state index contributed by atoms with van der Waals surface area (Å²) in [4.78, 5) is 19.5. The third-order valence-electron chi connectivity index (χ3n) is 0.402. The van der Waals surface area contributed by atoms with Crippen molar-refractivity contribution in [3.8, 4) is 0 Å². The van der Waals surface area contributed by atoms with Crippen molar-refractivity contribution in [3.05, 3.63) is 0 Å². The van der Waals surface area contributed by atoms with Gasteiger partial charge in [0.2, 0.25) is 0 Å². The molecule has 11 heavy (non-hydrogen) atoms. The first kappa shape index (κ1) is 12.8. The number of Topliss-reactive ketones (excluding diaryl/α,β-unsaturated/α-hetero) is 1. The lowest BCUT2D eigenvalue weighted by atomic mass is 10.5. The third kappa shape index (κ3) is 47.3. The zero-order valence-corrected chi connectivity index (χ0v) is 7.80. The first-order chi connectivity index (χ1) is 4.86. The van der Waals surface area contributed by atoms with Gasteiger partial charge in [-0.1, -0.05) is 0 Å². The Morgan fingerprint density at radius 1 is 1.09 bits per heavy atom. The molecular formula is C8H16O3. The number of ketones is 1. The molecule has 0 rings (SSSR count). The van der Waals surface area contributed by atoms with Gasteiger partial charge in [-0.15, -0.1) is 0 Å². The molecule has 0 fully saturated rings. The van der Waals surface area contributed by atoms with Crippen LogP contribution in [0.2, 0.25) is 0 Å². The van der Waals surface area contributed by atoms with Crippen molar-refractivity contribution in [3.63, 3.8) is 0 Å². The molecule has 0 radical (unpaired) electrons. The van der Waals surface area contributed by atoms with Gasteiger partial charge in [-0.25, -0.2) is 0 Å².